The molecule has 3 heteroatoms. The number of rotatable bonds is 3. The highest BCUT2D eigenvalue weighted by molar-refractivity contribution is 6.68. The van der Waals surface area contributed by atoms with E-state index in [1.807, 2.05) is 20.8 Å². The predicted octanol–water partition coefficient (Wildman–Crippen LogP) is 5.15. The van der Waals surface area contributed by atoms with Crippen molar-refractivity contribution < 1.29 is 9.53 Å². The summed E-state index contributed by atoms with van der Waals surface area (Å²) in [5, 5.41) is 0. The average Bonchev–Trinajstić information content (AvgIpc) is 2.79. The first-order valence-electron chi connectivity index (χ1n) is 8.80. The van der Waals surface area contributed by atoms with Crippen molar-refractivity contribution in [1.29, 1.82) is 0 Å². The summed E-state index contributed by atoms with van der Waals surface area (Å²) in [6, 6.07) is 0. The number of ether oxygens (including phenoxy) is 1. The fourth-order valence-corrected chi connectivity index (χ4v) is 4.04. The molecule has 0 bridgehead atoms. The van der Waals surface area contributed by atoms with Gasteiger partial charge in [0.25, 0.3) is 0 Å². The largest absolute Gasteiger partial charge is 0.460 e. The van der Waals surface area contributed by atoms with E-state index in [2.05, 4.69) is 33.8 Å². The smallest absolute Gasteiger partial charge is 0.306 e. The summed E-state index contributed by atoms with van der Waals surface area (Å²) < 4.78 is 5.46. The first-order chi connectivity index (χ1) is 9.90. The monoisotopic (exact) mass is 304 g/mol. The Morgan fingerprint density at radius 1 is 1.23 bits per heavy atom. The van der Waals surface area contributed by atoms with E-state index < -0.39 is 0 Å². The average molecular weight is 304 g/mol. The lowest BCUT2D eigenvalue weighted by Gasteiger charge is -2.35. The molecule has 2 aliphatic rings. The van der Waals surface area contributed by atoms with Gasteiger partial charge in [0.2, 0.25) is 0 Å². The van der Waals surface area contributed by atoms with E-state index in [9.17, 15) is 4.79 Å². The Bertz CT molecular complexity index is 452. The van der Waals surface area contributed by atoms with Crippen LogP contribution in [0.4, 0.5) is 0 Å². The molecule has 0 N–H and O–H groups in total. The zero-order valence-electron chi connectivity index (χ0n) is 15.6. The standard InChI is InChI=1S/C19H33BO2/c1-17(2,3)22-16(21)11-14-8-9-15(10-14)20-12-18(4,5)19(6,7)13-20/h9,14H,8,10-13H2,1-7H3. The summed E-state index contributed by atoms with van der Waals surface area (Å²) in [5.74, 6) is 0.413. The Morgan fingerprint density at radius 2 is 1.77 bits per heavy atom. The fraction of sp³-hybridized carbons (Fsp3) is 0.842. The molecule has 0 amide bonds. The number of allylic oxidation sites excluding steroid dienone is 2. The normalized spacial score (nSPS) is 27.0. The van der Waals surface area contributed by atoms with Gasteiger partial charge in [0.15, 0.2) is 6.71 Å². The van der Waals surface area contributed by atoms with Crippen molar-refractivity contribution in [2.45, 2.75) is 86.0 Å². The first kappa shape index (κ1) is 17.6. The Labute approximate surface area is 137 Å². The van der Waals surface area contributed by atoms with Crippen molar-refractivity contribution in [3.05, 3.63) is 11.5 Å². The molecule has 2 rings (SSSR count). The molecule has 0 spiro atoms. The second kappa shape index (κ2) is 5.72. The Kier molecular flexibility index (Phi) is 4.59. The van der Waals surface area contributed by atoms with Gasteiger partial charge in [-0.1, -0.05) is 46.4 Å². The molecule has 1 aliphatic heterocycles. The first-order valence-corrected chi connectivity index (χ1v) is 8.80. The maximum absolute atomic E-state index is 12.0. The number of hydrogen-bond donors (Lipinski definition) is 0. The van der Waals surface area contributed by atoms with Gasteiger partial charge in [0.1, 0.15) is 5.60 Å². The van der Waals surface area contributed by atoms with Gasteiger partial charge >= 0.3 is 5.97 Å². The van der Waals surface area contributed by atoms with Gasteiger partial charge in [-0.15, -0.1) is 5.47 Å². The third kappa shape index (κ3) is 3.97. The van der Waals surface area contributed by atoms with Gasteiger partial charge in [-0.05, 0) is 50.4 Å². The zero-order chi connectivity index (χ0) is 16.8. The Balaban J connectivity index is 1.87. The fourth-order valence-electron chi connectivity index (χ4n) is 4.04. The highest BCUT2D eigenvalue weighted by atomic mass is 16.6. The van der Waals surface area contributed by atoms with Crippen LogP contribution in [0.2, 0.25) is 12.6 Å². The molecule has 0 radical (unpaired) electrons. The van der Waals surface area contributed by atoms with Crippen molar-refractivity contribution in [2.75, 3.05) is 0 Å². The van der Waals surface area contributed by atoms with Crippen molar-refractivity contribution in [3.63, 3.8) is 0 Å². The molecule has 124 valence electrons. The van der Waals surface area contributed by atoms with E-state index in [4.69, 9.17) is 4.74 Å². The summed E-state index contributed by atoms with van der Waals surface area (Å²) in [6.07, 6.45) is 7.69. The molecule has 1 aliphatic carbocycles. The molecule has 1 atom stereocenters. The van der Waals surface area contributed by atoms with Gasteiger partial charge in [0.05, 0.1) is 0 Å². The van der Waals surface area contributed by atoms with E-state index >= 15 is 0 Å². The van der Waals surface area contributed by atoms with Gasteiger partial charge < -0.3 is 4.74 Å². The van der Waals surface area contributed by atoms with Crippen LogP contribution in [0.15, 0.2) is 11.5 Å². The molecule has 0 aromatic rings. The number of carbonyl (C=O) groups excluding carboxylic acids is 1. The molecular formula is C19H33BO2. The van der Waals surface area contributed by atoms with Crippen LogP contribution in [0.25, 0.3) is 0 Å². The topological polar surface area (TPSA) is 26.3 Å². The van der Waals surface area contributed by atoms with E-state index in [0.29, 0.717) is 29.9 Å². The molecule has 0 aromatic heterocycles. The molecule has 1 heterocycles. The van der Waals surface area contributed by atoms with Crippen molar-refractivity contribution in [1.82, 2.24) is 0 Å². The van der Waals surface area contributed by atoms with Crippen LogP contribution >= 0.6 is 0 Å². The quantitative estimate of drug-likeness (QED) is 0.532. The predicted molar refractivity (Wildman–Crippen MR) is 94.2 cm³/mol. The van der Waals surface area contributed by atoms with Crippen LogP contribution in [0.5, 0.6) is 0 Å². The highest BCUT2D eigenvalue weighted by Gasteiger charge is 2.49. The third-order valence-corrected chi connectivity index (χ3v) is 5.98. The molecule has 0 aromatic carbocycles. The lowest BCUT2D eigenvalue weighted by Crippen LogP contribution is -2.25. The van der Waals surface area contributed by atoms with Crippen molar-refractivity contribution >= 4 is 12.7 Å². The number of hydrogen-bond acceptors (Lipinski definition) is 2. The van der Waals surface area contributed by atoms with Crippen LogP contribution in [-0.4, -0.2) is 18.3 Å². The minimum absolute atomic E-state index is 0.0424. The zero-order valence-corrected chi connectivity index (χ0v) is 15.6. The molecule has 22 heavy (non-hydrogen) atoms. The van der Waals surface area contributed by atoms with Gasteiger partial charge in [-0.25, -0.2) is 0 Å². The van der Waals surface area contributed by atoms with Crippen molar-refractivity contribution in [3.8, 4) is 0 Å². The lowest BCUT2D eigenvalue weighted by atomic mass is 9.41. The van der Waals surface area contributed by atoms with Crippen LogP contribution < -0.4 is 0 Å². The summed E-state index contributed by atoms with van der Waals surface area (Å²) in [7, 11) is 0. The van der Waals surface area contributed by atoms with Crippen LogP contribution in [-0.2, 0) is 9.53 Å². The van der Waals surface area contributed by atoms with Crippen LogP contribution in [0.3, 0.4) is 0 Å². The summed E-state index contributed by atoms with van der Waals surface area (Å²) in [5.41, 5.74) is 2.04. The van der Waals surface area contributed by atoms with Crippen LogP contribution in [0, 0.1) is 16.7 Å². The second-order valence-electron chi connectivity index (χ2n) is 9.75. The molecule has 1 saturated heterocycles. The molecule has 1 fully saturated rings. The molecule has 0 saturated carbocycles. The summed E-state index contributed by atoms with van der Waals surface area (Å²) in [6.45, 7) is 16.1. The van der Waals surface area contributed by atoms with E-state index in [-0.39, 0.29) is 11.6 Å². The Hall–Kier alpha value is -0.725. The summed E-state index contributed by atoms with van der Waals surface area (Å²) >= 11 is 0. The molecule has 2 nitrogen and oxygen atoms in total. The second-order valence-corrected chi connectivity index (χ2v) is 9.75. The summed E-state index contributed by atoms with van der Waals surface area (Å²) in [4.78, 5) is 12.0. The SMILES string of the molecule is CC(C)(C)OC(=O)CC1CC=C(B2CC(C)(C)C(C)(C)C2)C1. The maximum Gasteiger partial charge on any atom is 0.306 e. The Morgan fingerprint density at radius 3 is 2.27 bits per heavy atom. The van der Waals surface area contributed by atoms with Gasteiger partial charge in [-0.2, -0.15) is 0 Å². The van der Waals surface area contributed by atoms with Gasteiger partial charge in [0, 0.05) is 6.42 Å². The van der Waals surface area contributed by atoms with E-state index in [1.165, 1.54) is 12.6 Å². The third-order valence-electron chi connectivity index (χ3n) is 5.98. The number of carbonyl (C=O) groups is 1. The lowest BCUT2D eigenvalue weighted by molar-refractivity contribution is -0.155. The van der Waals surface area contributed by atoms with Crippen LogP contribution in [0.1, 0.15) is 67.7 Å². The minimum atomic E-state index is -0.370. The number of esters is 1. The maximum atomic E-state index is 12.0. The molecule has 1 unspecified atom stereocenters. The van der Waals surface area contributed by atoms with Crippen molar-refractivity contribution in [2.24, 2.45) is 16.7 Å². The molecular weight excluding hydrogens is 271 g/mol. The van der Waals surface area contributed by atoms with Gasteiger partial charge in [-0.3, -0.25) is 4.79 Å². The van der Waals surface area contributed by atoms with E-state index in [0.717, 1.165) is 12.8 Å². The van der Waals surface area contributed by atoms with E-state index in [1.54, 1.807) is 5.47 Å². The highest BCUT2D eigenvalue weighted by Crippen LogP contribution is 2.55. The minimum Gasteiger partial charge on any atom is -0.460 e.